The molecule has 0 aliphatic rings. The fourth-order valence-corrected chi connectivity index (χ4v) is 2.40. The predicted octanol–water partition coefficient (Wildman–Crippen LogP) is 1.74. The van der Waals surface area contributed by atoms with E-state index in [0.717, 1.165) is 27.1 Å². The Balaban J connectivity index is 2.59. The van der Waals surface area contributed by atoms with Crippen molar-refractivity contribution < 1.29 is 0 Å². The van der Waals surface area contributed by atoms with Crippen molar-refractivity contribution in [1.82, 2.24) is 14.8 Å². The smallest absolute Gasteiger partial charge is 0.168 e. The van der Waals surface area contributed by atoms with Crippen molar-refractivity contribution in [2.75, 3.05) is 5.73 Å². The van der Waals surface area contributed by atoms with Gasteiger partial charge in [0.2, 0.25) is 0 Å². The number of anilines is 1. The molecule has 74 valence electrons. The number of hydrogen-bond donors (Lipinski definition) is 1. The molecular weight excluding hydrogens is 196 g/mol. The Morgan fingerprint density at radius 3 is 2.57 bits per heavy atom. The number of nitrogens with two attached hydrogens (primary N) is 1. The molecule has 5 heteroatoms. The van der Waals surface area contributed by atoms with Gasteiger partial charge in [0, 0.05) is 7.05 Å². The first-order valence-corrected chi connectivity index (χ1v) is 5.13. The summed E-state index contributed by atoms with van der Waals surface area (Å²) in [7, 11) is 1.89. The standard InChI is InChI=1S/C9H12N4S/c1-5-4-7(10)14-8(5)9-11-6(2)12-13(9)3/h4H,10H2,1-3H3. The van der Waals surface area contributed by atoms with Crippen molar-refractivity contribution in [3.63, 3.8) is 0 Å². The van der Waals surface area contributed by atoms with E-state index in [1.165, 1.54) is 0 Å². The summed E-state index contributed by atoms with van der Waals surface area (Å²) in [6.07, 6.45) is 0. The monoisotopic (exact) mass is 208 g/mol. The van der Waals surface area contributed by atoms with Crippen LogP contribution in [0.3, 0.4) is 0 Å². The second kappa shape index (κ2) is 3.09. The first kappa shape index (κ1) is 9.21. The second-order valence-electron chi connectivity index (χ2n) is 3.27. The van der Waals surface area contributed by atoms with Gasteiger partial charge in [0.1, 0.15) is 5.82 Å². The summed E-state index contributed by atoms with van der Waals surface area (Å²) in [6.45, 7) is 3.92. The fourth-order valence-electron chi connectivity index (χ4n) is 1.44. The van der Waals surface area contributed by atoms with Gasteiger partial charge in [-0.05, 0) is 25.5 Å². The molecule has 2 heterocycles. The normalized spacial score (nSPS) is 10.8. The van der Waals surface area contributed by atoms with E-state index in [1.807, 2.05) is 27.0 Å². The molecule has 0 fully saturated rings. The second-order valence-corrected chi connectivity index (χ2v) is 4.35. The molecule has 0 saturated carbocycles. The molecule has 2 rings (SSSR count). The number of hydrogen-bond acceptors (Lipinski definition) is 4. The van der Waals surface area contributed by atoms with Crippen LogP contribution in [0.5, 0.6) is 0 Å². The van der Waals surface area contributed by atoms with Crippen molar-refractivity contribution in [3.8, 4) is 10.7 Å². The lowest BCUT2D eigenvalue weighted by Crippen LogP contribution is -1.93. The van der Waals surface area contributed by atoms with E-state index in [2.05, 4.69) is 10.1 Å². The predicted molar refractivity (Wildman–Crippen MR) is 58.2 cm³/mol. The maximum atomic E-state index is 5.73. The molecule has 4 nitrogen and oxygen atoms in total. The first-order chi connectivity index (χ1) is 6.58. The Labute approximate surface area is 86.4 Å². The minimum atomic E-state index is 0.786. The van der Waals surface area contributed by atoms with Gasteiger partial charge in [-0.2, -0.15) is 5.10 Å². The molecule has 0 unspecified atom stereocenters. The van der Waals surface area contributed by atoms with Gasteiger partial charge in [-0.3, -0.25) is 0 Å². The van der Waals surface area contributed by atoms with Gasteiger partial charge in [0.05, 0.1) is 9.88 Å². The van der Waals surface area contributed by atoms with E-state index in [1.54, 1.807) is 16.0 Å². The summed E-state index contributed by atoms with van der Waals surface area (Å²) in [5, 5.41) is 5.03. The molecule has 14 heavy (non-hydrogen) atoms. The largest absolute Gasteiger partial charge is 0.391 e. The fraction of sp³-hybridized carbons (Fsp3) is 0.333. The summed E-state index contributed by atoms with van der Waals surface area (Å²) in [5.41, 5.74) is 6.89. The number of nitrogen functional groups attached to an aromatic ring is 1. The molecule has 0 aliphatic heterocycles. The van der Waals surface area contributed by atoms with Crippen LogP contribution in [0.15, 0.2) is 6.07 Å². The topological polar surface area (TPSA) is 56.7 Å². The number of nitrogens with zero attached hydrogens (tertiary/aromatic N) is 3. The quantitative estimate of drug-likeness (QED) is 0.776. The molecule has 0 saturated heterocycles. The lowest BCUT2D eigenvalue weighted by Gasteiger charge is -1.96. The highest BCUT2D eigenvalue weighted by Gasteiger charge is 2.12. The van der Waals surface area contributed by atoms with Gasteiger partial charge < -0.3 is 5.73 Å². The number of aromatic nitrogens is 3. The van der Waals surface area contributed by atoms with Crippen LogP contribution >= 0.6 is 11.3 Å². The Bertz CT molecular complexity index is 425. The summed E-state index contributed by atoms with van der Waals surface area (Å²) in [4.78, 5) is 5.46. The highest BCUT2D eigenvalue weighted by molar-refractivity contribution is 7.19. The molecular formula is C9H12N4S. The van der Waals surface area contributed by atoms with Crippen molar-refractivity contribution in [1.29, 1.82) is 0 Å². The van der Waals surface area contributed by atoms with E-state index >= 15 is 0 Å². The van der Waals surface area contributed by atoms with Crippen LogP contribution < -0.4 is 5.73 Å². The number of aryl methyl sites for hydroxylation is 3. The minimum absolute atomic E-state index is 0.786. The van der Waals surface area contributed by atoms with Crippen molar-refractivity contribution >= 4 is 16.3 Å². The van der Waals surface area contributed by atoms with Gasteiger partial charge in [-0.1, -0.05) is 0 Å². The Hall–Kier alpha value is -1.36. The van der Waals surface area contributed by atoms with E-state index in [4.69, 9.17) is 5.73 Å². The van der Waals surface area contributed by atoms with Crippen LogP contribution in [-0.4, -0.2) is 14.8 Å². The average Bonchev–Trinajstić information content (AvgIpc) is 2.55. The molecule has 0 bridgehead atoms. The SMILES string of the molecule is Cc1nc(-c2sc(N)cc2C)n(C)n1. The van der Waals surface area contributed by atoms with Crippen LogP contribution in [-0.2, 0) is 7.05 Å². The third kappa shape index (κ3) is 1.39. The van der Waals surface area contributed by atoms with Crippen LogP contribution in [0, 0.1) is 13.8 Å². The highest BCUT2D eigenvalue weighted by Crippen LogP contribution is 2.32. The van der Waals surface area contributed by atoms with Crippen LogP contribution in [0.25, 0.3) is 10.7 Å². The van der Waals surface area contributed by atoms with E-state index < -0.39 is 0 Å². The third-order valence-electron chi connectivity index (χ3n) is 2.01. The molecule has 0 amide bonds. The minimum Gasteiger partial charge on any atom is -0.391 e. The van der Waals surface area contributed by atoms with Gasteiger partial charge in [-0.25, -0.2) is 9.67 Å². The maximum absolute atomic E-state index is 5.73. The van der Waals surface area contributed by atoms with Crippen LogP contribution in [0.2, 0.25) is 0 Å². The van der Waals surface area contributed by atoms with Crippen molar-refractivity contribution in [2.24, 2.45) is 7.05 Å². The highest BCUT2D eigenvalue weighted by atomic mass is 32.1. The zero-order chi connectivity index (χ0) is 10.3. The zero-order valence-electron chi connectivity index (χ0n) is 8.40. The van der Waals surface area contributed by atoms with Gasteiger partial charge in [-0.15, -0.1) is 11.3 Å². The molecule has 2 aromatic heterocycles. The molecule has 2 aromatic rings. The van der Waals surface area contributed by atoms with Gasteiger partial charge in [0.15, 0.2) is 5.82 Å². The molecule has 0 aliphatic carbocycles. The van der Waals surface area contributed by atoms with Crippen molar-refractivity contribution in [3.05, 3.63) is 17.5 Å². The third-order valence-corrected chi connectivity index (χ3v) is 3.07. The first-order valence-electron chi connectivity index (χ1n) is 4.32. The summed E-state index contributed by atoms with van der Waals surface area (Å²) in [6, 6.07) is 1.96. The lowest BCUT2D eigenvalue weighted by molar-refractivity contribution is 0.765. The number of thiophene rings is 1. The van der Waals surface area contributed by atoms with Crippen molar-refractivity contribution in [2.45, 2.75) is 13.8 Å². The van der Waals surface area contributed by atoms with Gasteiger partial charge >= 0.3 is 0 Å². The van der Waals surface area contributed by atoms with Crippen LogP contribution in [0.4, 0.5) is 5.00 Å². The van der Waals surface area contributed by atoms with E-state index in [-0.39, 0.29) is 0 Å². The molecule has 0 aromatic carbocycles. The molecule has 2 N–H and O–H groups in total. The van der Waals surface area contributed by atoms with E-state index in [0.29, 0.717) is 0 Å². The lowest BCUT2D eigenvalue weighted by atomic mass is 10.3. The molecule has 0 atom stereocenters. The zero-order valence-corrected chi connectivity index (χ0v) is 9.22. The molecule has 0 radical (unpaired) electrons. The number of rotatable bonds is 1. The Morgan fingerprint density at radius 1 is 1.43 bits per heavy atom. The Morgan fingerprint density at radius 2 is 2.14 bits per heavy atom. The van der Waals surface area contributed by atoms with Crippen LogP contribution in [0.1, 0.15) is 11.4 Å². The molecule has 0 spiro atoms. The average molecular weight is 208 g/mol. The maximum Gasteiger partial charge on any atom is 0.168 e. The summed E-state index contributed by atoms with van der Waals surface area (Å²) >= 11 is 1.55. The Kier molecular flexibility index (Phi) is 2.03. The van der Waals surface area contributed by atoms with E-state index in [9.17, 15) is 0 Å². The summed E-state index contributed by atoms with van der Waals surface area (Å²) in [5.74, 6) is 1.68. The summed E-state index contributed by atoms with van der Waals surface area (Å²) < 4.78 is 1.79. The van der Waals surface area contributed by atoms with Gasteiger partial charge in [0.25, 0.3) is 0 Å².